The van der Waals surface area contributed by atoms with E-state index in [-0.39, 0.29) is 28.6 Å². The molecule has 0 unspecified atom stereocenters. The molecule has 0 spiro atoms. The summed E-state index contributed by atoms with van der Waals surface area (Å²) in [4.78, 5) is 16.3. The molecule has 0 aliphatic heterocycles. The van der Waals surface area contributed by atoms with Gasteiger partial charge in [0.25, 0.3) is 5.91 Å². The zero-order valence-corrected chi connectivity index (χ0v) is 16.1. The van der Waals surface area contributed by atoms with E-state index in [9.17, 15) is 26.7 Å². The predicted octanol–water partition coefficient (Wildman–Crippen LogP) is 4.46. The van der Waals surface area contributed by atoms with Gasteiger partial charge in [-0.1, -0.05) is 0 Å². The highest BCUT2D eigenvalue weighted by Gasteiger charge is 2.31. The summed E-state index contributed by atoms with van der Waals surface area (Å²) in [5.41, 5.74) is -0.349. The summed E-state index contributed by atoms with van der Waals surface area (Å²) in [5.74, 6) is -0.752. The number of rotatable bonds is 6. The Kier molecular flexibility index (Phi) is 6.09. The Morgan fingerprint density at radius 2 is 1.87 bits per heavy atom. The number of nitrogens with one attached hydrogen (secondary N) is 1. The number of aromatic nitrogens is 3. The maximum Gasteiger partial charge on any atom is 0.417 e. The molecule has 31 heavy (non-hydrogen) atoms. The first kappa shape index (κ1) is 22.0. The summed E-state index contributed by atoms with van der Waals surface area (Å²) in [6.45, 7) is -1.56. The first-order valence-electron chi connectivity index (χ1n) is 8.62. The zero-order valence-electron chi connectivity index (χ0n) is 16.1. The molecule has 0 atom stereocenters. The molecule has 2 heterocycles. The number of hydrogen-bond acceptors (Lipinski definition) is 5. The third-order valence-electron chi connectivity index (χ3n) is 4.18. The van der Waals surface area contributed by atoms with Gasteiger partial charge in [-0.3, -0.25) is 4.79 Å². The summed E-state index contributed by atoms with van der Waals surface area (Å²) in [7, 11) is 1.28. The summed E-state index contributed by atoms with van der Waals surface area (Å²) in [6.07, 6.45) is -2.65. The molecule has 3 aromatic rings. The fourth-order valence-corrected chi connectivity index (χ4v) is 2.68. The van der Waals surface area contributed by atoms with E-state index < -0.39 is 24.3 Å². The molecule has 12 heteroatoms. The standard InChI is InChI=1S/C19H15F5N4O3/c1-10-13(9-26-28(10)16-6-3-11(8-25-16)19(22,23)24)17(29)27-12-4-5-14(30-2)15(7-12)31-18(20)21/h3-9,18H,1-2H3,(H,27,29). The number of alkyl halides is 5. The van der Waals surface area contributed by atoms with Gasteiger partial charge in [-0.05, 0) is 31.2 Å². The largest absolute Gasteiger partial charge is 0.493 e. The van der Waals surface area contributed by atoms with Crippen molar-refractivity contribution in [1.29, 1.82) is 0 Å². The smallest absolute Gasteiger partial charge is 0.417 e. The average Bonchev–Trinajstić information content (AvgIpc) is 3.08. The number of hydrogen-bond donors (Lipinski definition) is 1. The lowest BCUT2D eigenvalue weighted by atomic mass is 10.2. The van der Waals surface area contributed by atoms with Crippen molar-refractivity contribution in [1.82, 2.24) is 14.8 Å². The molecule has 0 aliphatic carbocycles. The number of carbonyl (C=O) groups is 1. The van der Waals surface area contributed by atoms with Crippen LogP contribution in [-0.2, 0) is 6.18 Å². The summed E-state index contributed by atoms with van der Waals surface area (Å²) >= 11 is 0. The lowest BCUT2D eigenvalue weighted by Crippen LogP contribution is -2.14. The van der Waals surface area contributed by atoms with Gasteiger partial charge in [0.1, 0.15) is 0 Å². The minimum atomic E-state index is -4.53. The molecule has 0 saturated carbocycles. The van der Waals surface area contributed by atoms with Crippen molar-refractivity contribution in [2.45, 2.75) is 19.7 Å². The van der Waals surface area contributed by atoms with Crippen LogP contribution in [0.5, 0.6) is 11.5 Å². The van der Waals surface area contributed by atoms with Gasteiger partial charge >= 0.3 is 12.8 Å². The molecule has 0 radical (unpaired) electrons. The normalized spacial score (nSPS) is 11.5. The quantitative estimate of drug-likeness (QED) is 0.571. The maximum absolute atomic E-state index is 12.7. The second-order valence-electron chi connectivity index (χ2n) is 6.16. The van der Waals surface area contributed by atoms with E-state index in [2.05, 4.69) is 20.1 Å². The van der Waals surface area contributed by atoms with E-state index in [1.807, 2.05) is 0 Å². The molecular weight excluding hydrogens is 427 g/mol. The van der Waals surface area contributed by atoms with E-state index in [1.54, 1.807) is 0 Å². The van der Waals surface area contributed by atoms with Crippen molar-refractivity contribution in [3.63, 3.8) is 0 Å². The van der Waals surface area contributed by atoms with Gasteiger partial charge < -0.3 is 14.8 Å². The Balaban J connectivity index is 1.82. The summed E-state index contributed by atoms with van der Waals surface area (Å²) < 4.78 is 73.7. The number of pyridine rings is 1. The van der Waals surface area contributed by atoms with Gasteiger partial charge in [-0.2, -0.15) is 27.1 Å². The second kappa shape index (κ2) is 8.58. The third-order valence-corrected chi connectivity index (χ3v) is 4.18. The maximum atomic E-state index is 12.7. The monoisotopic (exact) mass is 442 g/mol. The summed E-state index contributed by atoms with van der Waals surface area (Å²) in [6, 6.07) is 5.91. The van der Waals surface area contributed by atoms with Crippen LogP contribution in [0.25, 0.3) is 5.82 Å². The number of ether oxygens (including phenoxy) is 2. The molecule has 0 saturated heterocycles. The van der Waals surface area contributed by atoms with E-state index in [1.165, 1.54) is 43.1 Å². The van der Waals surface area contributed by atoms with Crippen LogP contribution in [0.1, 0.15) is 21.6 Å². The van der Waals surface area contributed by atoms with Crippen LogP contribution in [0.2, 0.25) is 0 Å². The van der Waals surface area contributed by atoms with Crippen LogP contribution in [0.4, 0.5) is 27.6 Å². The molecule has 0 aliphatic rings. The van der Waals surface area contributed by atoms with Crippen LogP contribution >= 0.6 is 0 Å². The van der Waals surface area contributed by atoms with E-state index in [0.717, 1.165) is 12.1 Å². The molecule has 1 N–H and O–H groups in total. The van der Waals surface area contributed by atoms with Gasteiger partial charge in [0.05, 0.1) is 30.1 Å². The molecule has 2 aromatic heterocycles. The van der Waals surface area contributed by atoms with Crippen LogP contribution in [-0.4, -0.2) is 34.4 Å². The van der Waals surface area contributed by atoms with E-state index in [4.69, 9.17) is 4.74 Å². The lowest BCUT2D eigenvalue weighted by molar-refractivity contribution is -0.137. The Morgan fingerprint density at radius 1 is 1.13 bits per heavy atom. The van der Waals surface area contributed by atoms with E-state index in [0.29, 0.717) is 11.9 Å². The first-order valence-corrected chi connectivity index (χ1v) is 8.62. The number of halogens is 5. The van der Waals surface area contributed by atoms with Crippen LogP contribution < -0.4 is 14.8 Å². The highest BCUT2D eigenvalue weighted by Crippen LogP contribution is 2.32. The fourth-order valence-electron chi connectivity index (χ4n) is 2.68. The minimum Gasteiger partial charge on any atom is -0.493 e. The van der Waals surface area contributed by atoms with Crippen LogP contribution in [0, 0.1) is 6.92 Å². The van der Waals surface area contributed by atoms with Crippen molar-refractivity contribution in [3.8, 4) is 17.3 Å². The van der Waals surface area contributed by atoms with Gasteiger partial charge in [-0.15, -0.1) is 0 Å². The van der Waals surface area contributed by atoms with Crippen molar-refractivity contribution >= 4 is 11.6 Å². The number of amides is 1. The molecule has 0 fully saturated rings. The number of anilines is 1. The Morgan fingerprint density at radius 3 is 2.45 bits per heavy atom. The Labute approximate surface area is 172 Å². The number of methoxy groups -OCH3 is 1. The molecule has 164 valence electrons. The zero-order chi connectivity index (χ0) is 22.8. The highest BCUT2D eigenvalue weighted by atomic mass is 19.4. The van der Waals surface area contributed by atoms with Crippen LogP contribution in [0.3, 0.4) is 0 Å². The summed E-state index contributed by atoms with van der Waals surface area (Å²) in [5, 5.41) is 6.51. The molecule has 0 bridgehead atoms. The topological polar surface area (TPSA) is 78.3 Å². The number of nitrogens with zero attached hydrogens (tertiary/aromatic N) is 3. The fraction of sp³-hybridized carbons (Fsp3) is 0.211. The Hall–Kier alpha value is -3.70. The molecule has 7 nitrogen and oxygen atoms in total. The number of benzene rings is 1. The second-order valence-corrected chi connectivity index (χ2v) is 6.16. The van der Waals surface area contributed by atoms with Gasteiger partial charge in [0.2, 0.25) is 0 Å². The lowest BCUT2D eigenvalue weighted by Gasteiger charge is -2.12. The molecular formula is C19H15F5N4O3. The van der Waals surface area contributed by atoms with Crippen molar-refractivity contribution < 1.29 is 36.2 Å². The van der Waals surface area contributed by atoms with Gasteiger partial charge in [-0.25, -0.2) is 9.67 Å². The first-order chi connectivity index (χ1) is 14.6. The van der Waals surface area contributed by atoms with Crippen molar-refractivity contribution in [2.75, 3.05) is 12.4 Å². The molecule has 3 rings (SSSR count). The SMILES string of the molecule is COc1ccc(NC(=O)c2cnn(-c3ccc(C(F)(F)F)cn3)c2C)cc1OC(F)F. The number of carbonyl (C=O) groups excluding carboxylic acids is 1. The van der Waals surface area contributed by atoms with Crippen molar-refractivity contribution in [2.24, 2.45) is 0 Å². The molecule has 1 amide bonds. The van der Waals surface area contributed by atoms with Crippen molar-refractivity contribution in [3.05, 3.63) is 59.5 Å². The van der Waals surface area contributed by atoms with Gasteiger partial charge in [0.15, 0.2) is 17.3 Å². The van der Waals surface area contributed by atoms with Gasteiger partial charge in [0, 0.05) is 18.0 Å². The minimum absolute atomic E-state index is 0.0516. The predicted molar refractivity (Wildman–Crippen MR) is 98.7 cm³/mol. The average molecular weight is 442 g/mol. The van der Waals surface area contributed by atoms with Crippen LogP contribution in [0.15, 0.2) is 42.7 Å². The Bertz CT molecular complexity index is 1080. The van der Waals surface area contributed by atoms with E-state index >= 15 is 0 Å². The molecule has 1 aromatic carbocycles. The highest BCUT2D eigenvalue weighted by molar-refractivity contribution is 6.05. The third kappa shape index (κ3) is 4.90.